The second kappa shape index (κ2) is 5.82. The van der Waals surface area contributed by atoms with Gasteiger partial charge in [0, 0.05) is 18.5 Å². The number of halogens is 1. The molecule has 3 heteroatoms. The highest BCUT2D eigenvalue weighted by atomic mass is 79.9. The SMILES string of the molecule is Br.Oc1ccc(C2CN3CCC[C@H]3c3ccccc32)cc1. The molecule has 2 aromatic rings. The Morgan fingerprint density at radius 3 is 2.43 bits per heavy atom. The van der Waals surface area contributed by atoms with Crippen LogP contribution in [0.1, 0.15) is 41.5 Å². The van der Waals surface area contributed by atoms with Crippen molar-refractivity contribution in [1.29, 1.82) is 0 Å². The fourth-order valence-corrected chi connectivity index (χ4v) is 3.85. The van der Waals surface area contributed by atoms with Crippen molar-refractivity contribution in [2.45, 2.75) is 24.8 Å². The van der Waals surface area contributed by atoms with E-state index in [-0.39, 0.29) is 17.0 Å². The molecule has 2 aromatic carbocycles. The van der Waals surface area contributed by atoms with Crippen molar-refractivity contribution in [2.24, 2.45) is 0 Å². The minimum atomic E-state index is 0. The second-order valence-electron chi connectivity index (χ2n) is 5.93. The lowest BCUT2D eigenvalue weighted by Crippen LogP contribution is -2.34. The Labute approximate surface area is 136 Å². The van der Waals surface area contributed by atoms with Crippen LogP contribution in [-0.4, -0.2) is 23.1 Å². The van der Waals surface area contributed by atoms with Gasteiger partial charge in [0.1, 0.15) is 5.75 Å². The van der Waals surface area contributed by atoms with Crippen LogP contribution in [0.15, 0.2) is 48.5 Å². The summed E-state index contributed by atoms with van der Waals surface area (Å²) in [5.74, 6) is 0.776. The van der Waals surface area contributed by atoms with E-state index in [1.165, 1.54) is 36.1 Å². The maximum atomic E-state index is 9.49. The molecule has 21 heavy (non-hydrogen) atoms. The summed E-state index contributed by atoms with van der Waals surface area (Å²) in [6, 6.07) is 17.2. The zero-order chi connectivity index (χ0) is 13.5. The van der Waals surface area contributed by atoms with Crippen molar-refractivity contribution in [3.8, 4) is 5.75 Å². The van der Waals surface area contributed by atoms with E-state index in [9.17, 15) is 5.11 Å². The quantitative estimate of drug-likeness (QED) is 0.834. The Bertz CT molecular complexity index is 625. The van der Waals surface area contributed by atoms with E-state index < -0.39 is 0 Å². The third kappa shape index (κ3) is 2.49. The number of phenols is 1. The molecule has 2 aliphatic rings. The van der Waals surface area contributed by atoms with Crippen LogP contribution in [0.5, 0.6) is 5.75 Å². The number of phenolic OH excluding ortho intramolecular Hbond substituents is 1. The lowest BCUT2D eigenvalue weighted by molar-refractivity contribution is 0.230. The monoisotopic (exact) mass is 345 g/mol. The van der Waals surface area contributed by atoms with Crippen molar-refractivity contribution in [1.82, 2.24) is 4.90 Å². The molecule has 0 saturated carbocycles. The minimum absolute atomic E-state index is 0. The molecule has 1 fully saturated rings. The fourth-order valence-electron chi connectivity index (χ4n) is 3.85. The molecule has 2 aliphatic heterocycles. The summed E-state index contributed by atoms with van der Waals surface area (Å²) in [5.41, 5.74) is 4.29. The molecule has 0 radical (unpaired) electrons. The molecule has 1 unspecified atom stereocenters. The van der Waals surface area contributed by atoms with Crippen molar-refractivity contribution < 1.29 is 5.11 Å². The number of hydrogen-bond acceptors (Lipinski definition) is 2. The summed E-state index contributed by atoms with van der Waals surface area (Å²) >= 11 is 0. The molecule has 1 saturated heterocycles. The van der Waals surface area contributed by atoms with Gasteiger partial charge in [-0.15, -0.1) is 17.0 Å². The van der Waals surface area contributed by atoms with Gasteiger partial charge in [-0.05, 0) is 48.2 Å². The molecule has 0 amide bonds. The maximum Gasteiger partial charge on any atom is 0.115 e. The highest BCUT2D eigenvalue weighted by molar-refractivity contribution is 8.93. The van der Waals surface area contributed by atoms with E-state index in [1.54, 1.807) is 12.1 Å². The van der Waals surface area contributed by atoms with E-state index in [2.05, 4.69) is 41.3 Å². The predicted molar refractivity (Wildman–Crippen MR) is 90.3 cm³/mol. The molecule has 0 spiro atoms. The Hall–Kier alpha value is -1.32. The van der Waals surface area contributed by atoms with Crippen LogP contribution in [0, 0.1) is 0 Å². The van der Waals surface area contributed by atoms with E-state index >= 15 is 0 Å². The standard InChI is InChI=1S/C18H19NO.BrH/c20-14-9-7-13(8-10-14)17-12-19-11-3-6-18(19)16-5-2-1-4-15(16)17;/h1-2,4-5,7-10,17-18,20H,3,6,11-12H2;1H/t17?,18-;/m0./s1. The van der Waals surface area contributed by atoms with Crippen molar-refractivity contribution in [3.05, 3.63) is 65.2 Å². The fraction of sp³-hybridized carbons (Fsp3) is 0.333. The van der Waals surface area contributed by atoms with Gasteiger partial charge in [0.05, 0.1) is 0 Å². The summed E-state index contributed by atoms with van der Waals surface area (Å²) in [6.07, 6.45) is 2.60. The van der Waals surface area contributed by atoms with E-state index in [4.69, 9.17) is 0 Å². The minimum Gasteiger partial charge on any atom is -0.508 e. The molecule has 1 N–H and O–H groups in total. The van der Waals surface area contributed by atoms with Gasteiger partial charge >= 0.3 is 0 Å². The first-order chi connectivity index (χ1) is 9.83. The first kappa shape index (κ1) is 14.6. The summed E-state index contributed by atoms with van der Waals surface area (Å²) in [6.45, 7) is 2.32. The van der Waals surface area contributed by atoms with Gasteiger partial charge in [0.25, 0.3) is 0 Å². The molecule has 0 aliphatic carbocycles. The van der Waals surface area contributed by atoms with Gasteiger partial charge in [-0.3, -0.25) is 4.90 Å². The normalized spacial score (nSPS) is 24.0. The number of hydrogen-bond donors (Lipinski definition) is 1. The highest BCUT2D eigenvalue weighted by Crippen LogP contribution is 2.44. The highest BCUT2D eigenvalue weighted by Gasteiger charge is 2.35. The van der Waals surface area contributed by atoms with Crippen LogP contribution in [0.4, 0.5) is 0 Å². The van der Waals surface area contributed by atoms with Gasteiger partial charge in [-0.25, -0.2) is 0 Å². The van der Waals surface area contributed by atoms with Crippen LogP contribution in [-0.2, 0) is 0 Å². The first-order valence-electron chi connectivity index (χ1n) is 7.45. The molecule has 2 atom stereocenters. The van der Waals surface area contributed by atoms with Crippen molar-refractivity contribution in [2.75, 3.05) is 13.1 Å². The Kier molecular flexibility index (Phi) is 4.05. The number of fused-ring (bicyclic) bond motifs is 3. The van der Waals surface area contributed by atoms with Gasteiger partial charge in [0.2, 0.25) is 0 Å². The zero-order valence-electron chi connectivity index (χ0n) is 11.9. The Morgan fingerprint density at radius 1 is 0.952 bits per heavy atom. The van der Waals surface area contributed by atoms with Gasteiger partial charge in [0.15, 0.2) is 0 Å². The summed E-state index contributed by atoms with van der Waals surface area (Å²) < 4.78 is 0. The number of nitrogens with zero attached hydrogens (tertiary/aromatic N) is 1. The molecule has 4 rings (SSSR count). The predicted octanol–water partition coefficient (Wildman–Crippen LogP) is 4.25. The lowest BCUT2D eigenvalue weighted by Gasteiger charge is -2.37. The first-order valence-corrected chi connectivity index (χ1v) is 7.45. The van der Waals surface area contributed by atoms with Crippen LogP contribution < -0.4 is 0 Å². The largest absolute Gasteiger partial charge is 0.508 e. The average molecular weight is 346 g/mol. The van der Waals surface area contributed by atoms with Crippen LogP contribution in [0.3, 0.4) is 0 Å². The zero-order valence-corrected chi connectivity index (χ0v) is 13.6. The summed E-state index contributed by atoms with van der Waals surface area (Å²) in [4.78, 5) is 2.62. The maximum absolute atomic E-state index is 9.49. The molecular formula is C18H20BrNO. The third-order valence-electron chi connectivity index (χ3n) is 4.81. The Morgan fingerprint density at radius 2 is 1.67 bits per heavy atom. The second-order valence-corrected chi connectivity index (χ2v) is 5.93. The van der Waals surface area contributed by atoms with E-state index in [1.807, 2.05) is 0 Å². The van der Waals surface area contributed by atoms with E-state index in [0.717, 1.165) is 6.54 Å². The van der Waals surface area contributed by atoms with Crippen LogP contribution in [0.25, 0.3) is 0 Å². The number of benzene rings is 2. The molecule has 110 valence electrons. The van der Waals surface area contributed by atoms with Crippen LogP contribution in [0.2, 0.25) is 0 Å². The average Bonchev–Trinajstić information content (AvgIpc) is 2.96. The van der Waals surface area contributed by atoms with Gasteiger partial charge < -0.3 is 5.11 Å². The molecule has 0 aromatic heterocycles. The topological polar surface area (TPSA) is 23.5 Å². The van der Waals surface area contributed by atoms with Gasteiger partial charge in [-0.2, -0.15) is 0 Å². The summed E-state index contributed by atoms with van der Waals surface area (Å²) in [7, 11) is 0. The molecule has 2 nitrogen and oxygen atoms in total. The van der Waals surface area contributed by atoms with Crippen molar-refractivity contribution in [3.63, 3.8) is 0 Å². The van der Waals surface area contributed by atoms with Crippen molar-refractivity contribution >= 4 is 17.0 Å². The molecule has 2 heterocycles. The van der Waals surface area contributed by atoms with Crippen LogP contribution >= 0.6 is 17.0 Å². The van der Waals surface area contributed by atoms with E-state index in [0.29, 0.717) is 17.7 Å². The Balaban J connectivity index is 0.00000132. The number of aromatic hydroxyl groups is 1. The lowest BCUT2D eigenvalue weighted by atomic mass is 9.82. The van der Waals surface area contributed by atoms with Gasteiger partial charge in [-0.1, -0.05) is 36.4 Å². The number of rotatable bonds is 1. The molecular weight excluding hydrogens is 326 g/mol. The smallest absolute Gasteiger partial charge is 0.115 e. The summed E-state index contributed by atoms with van der Waals surface area (Å²) in [5, 5.41) is 9.49. The third-order valence-corrected chi connectivity index (χ3v) is 4.81. The molecule has 0 bridgehead atoms.